The van der Waals surface area contributed by atoms with Gasteiger partial charge in [0.2, 0.25) is 0 Å². The third-order valence-corrected chi connectivity index (χ3v) is 20.7. The maximum absolute atomic E-state index is 9.23. The fourth-order valence-corrected chi connectivity index (χ4v) is 14.0. The summed E-state index contributed by atoms with van der Waals surface area (Å²) in [6.07, 6.45) is 0. The maximum atomic E-state index is 9.23. The van der Waals surface area contributed by atoms with Gasteiger partial charge in [-0.3, -0.25) is 4.98 Å². The van der Waals surface area contributed by atoms with Gasteiger partial charge in [0.15, 0.2) is 5.69 Å². The van der Waals surface area contributed by atoms with Gasteiger partial charge in [-0.05, 0) is 171 Å². The number of aromatic nitrogens is 8. The summed E-state index contributed by atoms with van der Waals surface area (Å²) in [5.41, 5.74) is 33.3. The van der Waals surface area contributed by atoms with Crippen LogP contribution in [0.5, 0.6) is 0 Å². The Kier molecular flexibility index (Phi) is 43.7. The van der Waals surface area contributed by atoms with Gasteiger partial charge in [0.25, 0.3) is 0 Å². The molecule has 0 saturated heterocycles. The molecule has 12 nitrogen and oxygen atoms in total. The molecule has 12 aromatic carbocycles. The maximum Gasteiger partial charge on any atom is 0.187 e. The molecule has 0 N–H and O–H groups in total. The first-order valence-electron chi connectivity index (χ1n) is 43.6. The SMILES string of the molecule is Cc1cccc(-c2[c-]cccc2)n1.Cc1cccc(-c2[c-]cccc2)n1.Cc1cccc(-c2[c-]cccc2)n1.Cc1cccc(-c2[c-]cccc2)n1.Cc1nc(-c2[c-]cccc2)ccc1-c1ccc(C#N)cc1.Cc1nc(-c2[c-]cccc2)ccc1-c1cccc(C#N)c1.Cc1nc(-c2[c-]cccc2)ccc1-c1ccccc1C#N.[C-]#[N+]c1ccc(-c2cccc(-c3[c-]cccc3)n2)cc1.[Ir].[Ir].[Ir].[Ir]. The molecule has 0 bridgehead atoms. The van der Waals surface area contributed by atoms with Crippen LogP contribution in [0.4, 0.5) is 5.69 Å². The molecule has 686 valence electrons. The molecule has 0 spiro atoms. The Morgan fingerprint density at radius 3 is 0.799 bits per heavy atom. The summed E-state index contributed by atoms with van der Waals surface area (Å²) >= 11 is 0. The molecule has 16 heteroatoms. The van der Waals surface area contributed by atoms with E-state index in [1.54, 1.807) is 6.07 Å². The fraction of sp³-hybridized carbons (Fsp3) is 0.0569. The first-order chi connectivity index (χ1) is 66.1. The Balaban J connectivity index is 0.000000178. The molecule has 139 heavy (non-hydrogen) atoms. The number of nitriles is 3. The summed E-state index contributed by atoms with van der Waals surface area (Å²) in [6.45, 7) is 20.9. The quantitative estimate of drug-likeness (QED) is 0.106. The Hall–Kier alpha value is -15.6. The zero-order valence-electron chi connectivity index (χ0n) is 77.0. The number of pyridine rings is 8. The van der Waals surface area contributed by atoms with Crippen molar-refractivity contribution in [3.63, 3.8) is 0 Å². The van der Waals surface area contributed by atoms with Crippen LogP contribution in [0.2, 0.25) is 0 Å². The molecule has 0 unspecified atom stereocenters. The largest absolute Gasteiger partial charge is 0.302 e. The Morgan fingerprint density at radius 2 is 0.496 bits per heavy atom. The van der Waals surface area contributed by atoms with Crippen LogP contribution < -0.4 is 0 Å². The molecule has 0 aliphatic heterocycles. The van der Waals surface area contributed by atoms with Crippen molar-refractivity contribution >= 4 is 5.69 Å². The molecule has 20 rings (SSSR count). The average Bonchev–Trinajstić information content (AvgIpc) is 0.760. The van der Waals surface area contributed by atoms with Crippen molar-refractivity contribution in [2.24, 2.45) is 0 Å². The Morgan fingerprint density at radius 1 is 0.216 bits per heavy atom. The van der Waals surface area contributed by atoms with Crippen molar-refractivity contribution in [1.82, 2.24) is 39.9 Å². The first-order valence-corrected chi connectivity index (χ1v) is 43.6. The van der Waals surface area contributed by atoms with Crippen LogP contribution >= 0.6 is 0 Å². The van der Waals surface area contributed by atoms with E-state index in [0.717, 1.165) is 175 Å². The van der Waals surface area contributed by atoms with E-state index < -0.39 is 0 Å². The summed E-state index contributed by atoms with van der Waals surface area (Å²) in [5.74, 6) is 0. The van der Waals surface area contributed by atoms with E-state index >= 15 is 0 Å². The Labute approximate surface area is 870 Å². The fourth-order valence-electron chi connectivity index (χ4n) is 14.0. The smallest absolute Gasteiger partial charge is 0.187 e. The molecule has 8 heterocycles. The zero-order chi connectivity index (χ0) is 94.1. The number of nitrogens with zero attached hydrogens (tertiary/aromatic N) is 12. The summed E-state index contributed by atoms with van der Waals surface area (Å²) in [4.78, 5) is 39.7. The predicted molar refractivity (Wildman–Crippen MR) is 543 cm³/mol. The monoisotopic (exact) mass is 2510 g/mol. The molecular formula is C123H90Ir4N12-8. The van der Waals surface area contributed by atoms with Crippen LogP contribution in [-0.2, 0) is 80.4 Å². The summed E-state index contributed by atoms with van der Waals surface area (Å²) in [7, 11) is 0. The van der Waals surface area contributed by atoms with E-state index in [9.17, 15) is 5.26 Å². The number of aryl methyl sites for hydroxylation is 7. The van der Waals surface area contributed by atoms with Crippen LogP contribution in [0.15, 0.2) is 419 Å². The molecule has 0 saturated carbocycles. The summed E-state index contributed by atoms with van der Waals surface area (Å²) in [6, 6.07) is 167. The Bertz CT molecular complexity index is 7070. The second-order valence-corrected chi connectivity index (χ2v) is 30.5. The number of benzene rings is 12. The molecule has 0 atom stereocenters. The molecule has 8 aromatic heterocycles. The van der Waals surface area contributed by atoms with Gasteiger partial charge < -0.3 is 34.9 Å². The molecule has 0 amide bonds. The predicted octanol–water partition coefficient (Wildman–Crippen LogP) is 29.4. The van der Waals surface area contributed by atoms with E-state index in [-0.39, 0.29) is 80.4 Å². The van der Waals surface area contributed by atoms with Gasteiger partial charge in [-0.25, -0.2) is 4.85 Å². The molecule has 0 fully saturated rings. The topological polar surface area (TPSA) is 179 Å². The van der Waals surface area contributed by atoms with Crippen molar-refractivity contribution in [3.05, 3.63) is 535 Å². The van der Waals surface area contributed by atoms with Gasteiger partial charge in [0.1, 0.15) is 0 Å². The van der Waals surface area contributed by atoms with E-state index in [4.69, 9.17) is 17.1 Å². The van der Waals surface area contributed by atoms with Gasteiger partial charge >= 0.3 is 0 Å². The minimum Gasteiger partial charge on any atom is -0.302 e. The third kappa shape index (κ3) is 32.3. The second kappa shape index (κ2) is 56.7. The van der Waals surface area contributed by atoms with E-state index in [1.165, 1.54) is 0 Å². The van der Waals surface area contributed by atoms with Crippen LogP contribution in [-0.4, -0.2) is 39.9 Å². The molecule has 0 aliphatic carbocycles. The normalized spacial score (nSPS) is 9.72. The van der Waals surface area contributed by atoms with Crippen LogP contribution in [0.3, 0.4) is 0 Å². The number of hydrogen-bond acceptors (Lipinski definition) is 11. The van der Waals surface area contributed by atoms with Crippen molar-refractivity contribution in [1.29, 1.82) is 15.8 Å². The van der Waals surface area contributed by atoms with Gasteiger partial charge in [-0.1, -0.05) is 164 Å². The zero-order valence-corrected chi connectivity index (χ0v) is 86.6. The summed E-state index contributed by atoms with van der Waals surface area (Å²) < 4.78 is 0. The second-order valence-electron chi connectivity index (χ2n) is 30.5. The van der Waals surface area contributed by atoms with Crippen LogP contribution in [0, 0.1) is 138 Å². The summed E-state index contributed by atoms with van der Waals surface area (Å²) in [5, 5.41) is 27.1. The van der Waals surface area contributed by atoms with Crippen LogP contribution in [0.1, 0.15) is 56.5 Å². The van der Waals surface area contributed by atoms with E-state index in [1.807, 2.05) is 449 Å². The van der Waals surface area contributed by atoms with E-state index in [0.29, 0.717) is 22.4 Å². The molecule has 20 aromatic rings. The van der Waals surface area contributed by atoms with Crippen LogP contribution in [0.25, 0.3) is 140 Å². The number of hydrogen-bond donors (Lipinski definition) is 0. The van der Waals surface area contributed by atoms with Gasteiger partial charge in [-0.2, -0.15) is 15.8 Å². The minimum atomic E-state index is 0. The van der Waals surface area contributed by atoms with Crippen molar-refractivity contribution in [3.8, 4) is 153 Å². The van der Waals surface area contributed by atoms with Gasteiger partial charge in [-0.15, -0.1) is 287 Å². The standard InChI is InChI=1S/3C19H13N2.C18H11N2.4C12H10N.4Ir/c1-14-18(17-9-5-6-15(12-17)13-20)10-11-19(21-14)16-7-3-2-4-8-16;1-14-17(18-10-6-5-9-16(18)13-20)11-12-19(21-14)15-7-3-2-4-8-15;1-14-18(16-9-7-15(13-20)8-10-16)11-12-19(21-14)17-5-3-2-4-6-17;1-19-16-12-10-15(11-13-16)18-9-5-8-17(20-18)14-6-3-2-4-7-14;4*1-10-6-5-9-12(13-10)11-7-3-2-4-8-11;;;;/h2*2-7,9-12H,1H3;2-5,7-12H,1H3;2-6,8-13H;4*2-7,9H,1H3;;;;/q8*-1;;;;. The van der Waals surface area contributed by atoms with Gasteiger partial charge in [0.05, 0.1) is 47.2 Å². The molecular weight excluding hydrogens is 2410 g/mol. The van der Waals surface area contributed by atoms with Crippen molar-refractivity contribution < 1.29 is 80.4 Å². The molecule has 0 aliphatic rings. The minimum absolute atomic E-state index is 0. The average molecular weight is 2510 g/mol. The first kappa shape index (κ1) is 107. The van der Waals surface area contributed by atoms with E-state index in [2.05, 4.69) is 124 Å². The van der Waals surface area contributed by atoms with Crippen molar-refractivity contribution in [2.45, 2.75) is 48.5 Å². The third-order valence-electron chi connectivity index (χ3n) is 20.7. The molecule has 4 radical (unpaired) electrons. The van der Waals surface area contributed by atoms with Gasteiger partial charge in [0, 0.05) is 143 Å². The van der Waals surface area contributed by atoms with Crippen molar-refractivity contribution in [2.75, 3.05) is 0 Å². The number of rotatable bonds is 12.